The zero-order valence-corrected chi connectivity index (χ0v) is 11.0. The number of aliphatic hydroxyl groups is 1. The van der Waals surface area contributed by atoms with Gasteiger partial charge in [0, 0.05) is 0 Å². The van der Waals surface area contributed by atoms with E-state index in [-0.39, 0.29) is 24.4 Å². The van der Waals surface area contributed by atoms with Gasteiger partial charge in [0.05, 0.1) is 18.7 Å². The van der Waals surface area contributed by atoms with Gasteiger partial charge in [-0.05, 0) is 19.1 Å². The number of amides is 1. The second-order valence-corrected chi connectivity index (χ2v) is 4.56. The maximum atomic E-state index is 12.2. The monoisotopic (exact) mass is 289 g/mol. The molecule has 3 heterocycles. The van der Waals surface area contributed by atoms with Crippen molar-refractivity contribution in [2.75, 3.05) is 6.54 Å². The van der Waals surface area contributed by atoms with E-state index in [2.05, 4.69) is 20.6 Å². The molecular weight excluding hydrogens is 278 g/mol. The number of nitrogens with zero attached hydrogens (tertiary/aromatic N) is 4. The van der Waals surface area contributed by atoms with Crippen LogP contribution in [0.5, 0.6) is 0 Å². The number of aryl methyl sites for hydroxylation is 1. The Morgan fingerprint density at radius 1 is 1.52 bits per heavy atom. The van der Waals surface area contributed by atoms with E-state index in [0.717, 1.165) is 0 Å². The van der Waals surface area contributed by atoms with Crippen LogP contribution in [0.3, 0.4) is 0 Å². The third kappa shape index (κ3) is 2.29. The number of hydrogen-bond donors (Lipinski definition) is 2. The molecular formula is C12H11N5O4. The summed E-state index contributed by atoms with van der Waals surface area (Å²) in [6, 6.07) is 3.14. The highest BCUT2D eigenvalue weighted by atomic mass is 16.3. The average molecular weight is 289 g/mol. The predicted molar refractivity (Wildman–Crippen MR) is 67.0 cm³/mol. The van der Waals surface area contributed by atoms with Crippen LogP contribution in [-0.2, 0) is 11.3 Å². The molecule has 9 heteroatoms. The Morgan fingerprint density at radius 2 is 2.33 bits per heavy atom. The number of hydrogen-bond acceptors (Lipinski definition) is 7. The number of aromatic nitrogens is 4. The number of carbonyl (C=O) groups is 2. The van der Waals surface area contributed by atoms with Crippen LogP contribution in [0.4, 0.5) is 0 Å². The maximum absolute atomic E-state index is 12.2. The summed E-state index contributed by atoms with van der Waals surface area (Å²) in [7, 11) is 0. The molecule has 0 bridgehead atoms. The number of carbonyl (C=O) groups excluding carboxylic acids is 2. The first-order valence-corrected chi connectivity index (χ1v) is 6.11. The van der Waals surface area contributed by atoms with Crippen molar-refractivity contribution in [3.8, 4) is 0 Å². The van der Waals surface area contributed by atoms with Crippen molar-refractivity contribution >= 4 is 11.7 Å². The fourth-order valence-corrected chi connectivity index (χ4v) is 2.05. The van der Waals surface area contributed by atoms with Gasteiger partial charge < -0.3 is 14.4 Å². The minimum atomic E-state index is -0.647. The molecule has 0 fully saturated rings. The summed E-state index contributed by atoms with van der Waals surface area (Å²) < 4.78 is 5.22. The van der Waals surface area contributed by atoms with E-state index in [1.54, 1.807) is 13.0 Å². The van der Waals surface area contributed by atoms with E-state index in [9.17, 15) is 14.7 Å². The quantitative estimate of drug-likeness (QED) is 0.766. The van der Waals surface area contributed by atoms with E-state index in [0.29, 0.717) is 11.6 Å². The van der Waals surface area contributed by atoms with Crippen molar-refractivity contribution in [2.24, 2.45) is 0 Å². The predicted octanol–water partition coefficient (Wildman–Crippen LogP) is 0.138. The Kier molecular flexibility index (Phi) is 3.01. The summed E-state index contributed by atoms with van der Waals surface area (Å²) in [5.41, 5.74) is -0.00200. The zero-order valence-electron chi connectivity index (χ0n) is 11.0. The van der Waals surface area contributed by atoms with Gasteiger partial charge in [-0.2, -0.15) is 5.21 Å². The number of tetrazole rings is 1. The number of aromatic amines is 1. The molecule has 1 aliphatic rings. The van der Waals surface area contributed by atoms with Gasteiger partial charge in [-0.15, -0.1) is 10.2 Å². The van der Waals surface area contributed by atoms with Crippen LogP contribution in [0.2, 0.25) is 0 Å². The first kappa shape index (κ1) is 13.0. The molecule has 0 saturated heterocycles. The van der Waals surface area contributed by atoms with E-state index in [1.165, 1.54) is 11.0 Å². The van der Waals surface area contributed by atoms with Gasteiger partial charge >= 0.3 is 0 Å². The molecule has 9 nitrogen and oxygen atoms in total. The van der Waals surface area contributed by atoms with Crippen LogP contribution in [0.15, 0.2) is 27.9 Å². The Hall–Kier alpha value is -2.97. The SMILES string of the molecule is Cc1ccc(C(=O)C2=C(O)C(=O)N(Cc3nn[nH]n3)C2)o1. The van der Waals surface area contributed by atoms with Crippen molar-refractivity contribution in [1.82, 2.24) is 25.5 Å². The van der Waals surface area contributed by atoms with Gasteiger partial charge in [0.25, 0.3) is 5.91 Å². The molecule has 0 saturated carbocycles. The summed E-state index contributed by atoms with van der Waals surface area (Å²) in [6.07, 6.45) is 0. The van der Waals surface area contributed by atoms with Crippen molar-refractivity contribution in [1.29, 1.82) is 0 Å². The molecule has 1 amide bonds. The lowest BCUT2D eigenvalue weighted by atomic mass is 10.1. The minimum Gasteiger partial charge on any atom is -0.503 e. The highest BCUT2D eigenvalue weighted by Gasteiger charge is 2.35. The average Bonchev–Trinajstić information content (AvgIpc) is 3.17. The number of Topliss-reactive ketones (excluding diaryl/α,β-unsaturated/α-hetero) is 1. The van der Waals surface area contributed by atoms with Gasteiger partial charge in [0.1, 0.15) is 5.76 Å². The standard InChI is InChI=1S/C12H11N5O4/c1-6-2-3-8(21-6)10(18)7-4-17(12(20)11(7)19)5-9-13-15-16-14-9/h2-3,19H,4-5H2,1H3,(H,13,14,15,16). The first-order valence-electron chi connectivity index (χ1n) is 6.11. The van der Waals surface area contributed by atoms with Crippen LogP contribution < -0.4 is 0 Å². The molecule has 0 atom stereocenters. The van der Waals surface area contributed by atoms with Gasteiger partial charge in [-0.3, -0.25) is 9.59 Å². The van der Waals surface area contributed by atoms with Crippen molar-refractivity contribution in [2.45, 2.75) is 13.5 Å². The third-order valence-electron chi connectivity index (χ3n) is 3.08. The number of furan rings is 1. The fraction of sp³-hybridized carbons (Fsp3) is 0.250. The van der Waals surface area contributed by atoms with Crippen LogP contribution >= 0.6 is 0 Å². The van der Waals surface area contributed by atoms with E-state index < -0.39 is 17.4 Å². The molecule has 0 unspecified atom stereocenters. The number of aliphatic hydroxyl groups excluding tert-OH is 1. The molecule has 108 valence electrons. The highest BCUT2D eigenvalue weighted by Crippen LogP contribution is 2.23. The summed E-state index contributed by atoms with van der Waals surface area (Å²) in [5, 5.41) is 23.0. The Labute approximate surface area is 118 Å². The Bertz CT molecular complexity index is 731. The second-order valence-electron chi connectivity index (χ2n) is 4.56. The van der Waals surface area contributed by atoms with Crippen LogP contribution in [0.1, 0.15) is 22.1 Å². The fourth-order valence-electron chi connectivity index (χ4n) is 2.05. The lowest BCUT2D eigenvalue weighted by Gasteiger charge is -2.12. The summed E-state index contributed by atoms with van der Waals surface area (Å²) in [6.45, 7) is 1.72. The molecule has 3 rings (SSSR count). The smallest absolute Gasteiger partial charge is 0.289 e. The van der Waals surface area contributed by atoms with E-state index >= 15 is 0 Å². The lowest BCUT2D eigenvalue weighted by molar-refractivity contribution is -0.128. The summed E-state index contributed by atoms with van der Waals surface area (Å²) in [5.74, 6) is -0.776. The van der Waals surface area contributed by atoms with Gasteiger partial charge in [0.2, 0.25) is 5.78 Å². The minimum absolute atomic E-state index is 0.00200. The molecule has 2 aromatic heterocycles. The molecule has 21 heavy (non-hydrogen) atoms. The Morgan fingerprint density at radius 3 is 2.95 bits per heavy atom. The first-order chi connectivity index (χ1) is 10.1. The van der Waals surface area contributed by atoms with Crippen molar-refractivity contribution in [3.63, 3.8) is 0 Å². The number of nitrogens with one attached hydrogen (secondary N) is 1. The Balaban J connectivity index is 1.80. The van der Waals surface area contributed by atoms with Gasteiger partial charge in [0.15, 0.2) is 17.3 Å². The topological polar surface area (TPSA) is 125 Å². The molecule has 0 radical (unpaired) electrons. The van der Waals surface area contributed by atoms with E-state index in [4.69, 9.17) is 4.42 Å². The van der Waals surface area contributed by atoms with Crippen LogP contribution in [0.25, 0.3) is 0 Å². The molecule has 2 N–H and O–H groups in total. The summed E-state index contributed by atoms with van der Waals surface area (Å²) in [4.78, 5) is 25.4. The second kappa shape index (κ2) is 4.85. The highest BCUT2D eigenvalue weighted by molar-refractivity contribution is 6.14. The molecule has 0 aromatic carbocycles. The number of ketones is 1. The molecule has 1 aliphatic heterocycles. The maximum Gasteiger partial charge on any atom is 0.289 e. The zero-order chi connectivity index (χ0) is 15.0. The summed E-state index contributed by atoms with van der Waals surface area (Å²) >= 11 is 0. The largest absolute Gasteiger partial charge is 0.503 e. The normalized spacial score (nSPS) is 15.1. The lowest BCUT2D eigenvalue weighted by Crippen LogP contribution is -2.27. The van der Waals surface area contributed by atoms with Crippen LogP contribution in [-0.4, -0.2) is 48.9 Å². The van der Waals surface area contributed by atoms with E-state index in [1.807, 2.05) is 0 Å². The van der Waals surface area contributed by atoms with Gasteiger partial charge in [-0.25, -0.2) is 0 Å². The van der Waals surface area contributed by atoms with Gasteiger partial charge in [-0.1, -0.05) is 5.21 Å². The van der Waals surface area contributed by atoms with Crippen LogP contribution in [0, 0.1) is 6.92 Å². The molecule has 0 spiro atoms. The molecule has 2 aromatic rings. The molecule has 0 aliphatic carbocycles. The number of H-pyrrole nitrogens is 1. The van der Waals surface area contributed by atoms with Crippen molar-refractivity contribution < 1.29 is 19.1 Å². The van der Waals surface area contributed by atoms with Crippen molar-refractivity contribution in [3.05, 3.63) is 40.8 Å². The third-order valence-corrected chi connectivity index (χ3v) is 3.08. The number of rotatable bonds is 4.